The zero-order chi connectivity index (χ0) is 21.1. The number of anilines is 1. The molecule has 0 aliphatic carbocycles. The number of para-hydroxylation sites is 2. The van der Waals surface area contributed by atoms with Gasteiger partial charge in [0.2, 0.25) is 5.91 Å². The van der Waals surface area contributed by atoms with E-state index in [0.29, 0.717) is 32.1 Å². The molecule has 0 saturated carbocycles. The van der Waals surface area contributed by atoms with Gasteiger partial charge in [0.05, 0.1) is 31.1 Å². The van der Waals surface area contributed by atoms with Crippen molar-refractivity contribution in [3.8, 4) is 5.75 Å². The first-order valence-electron chi connectivity index (χ1n) is 9.00. The van der Waals surface area contributed by atoms with E-state index in [0.717, 1.165) is 11.3 Å². The number of ether oxygens (including phenoxy) is 2. The molecule has 152 valence electrons. The van der Waals surface area contributed by atoms with Gasteiger partial charge >= 0.3 is 5.97 Å². The molecule has 2 aromatic heterocycles. The van der Waals surface area contributed by atoms with Gasteiger partial charge in [0.25, 0.3) is 5.56 Å². The smallest absolute Gasteiger partial charge is 0.348 e. The van der Waals surface area contributed by atoms with Gasteiger partial charge in [-0.3, -0.25) is 14.2 Å². The van der Waals surface area contributed by atoms with Crippen molar-refractivity contribution in [2.24, 2.45) is 0 Å². The van der Waals surface area contributed by atoms with Crippen LogP contribution in [0.1, 0.15) is 35.1 Å². The Bertz CT molecular complexity index is 1130. The Morgan fingerprint density at radius 1 is 1.31 bits per heavy atom. The highest BCUT2D eigenvalue weighted by molar-refractivity contribution is 7.20. The number of nitrogens with one attached hydrogen (secondary N) is 1. The van der Waals surface area contributed by atoms with Crippen molar-refractivity contribution in [3.05, 3.63) is 51.4 Å². The SMILES string of the molecule is CCOC(=O)c1sc2ncn(C(C)C(=O)Nc3ccccc3OC)c(=O)c2c1C. The van der Waals surface area contributed by atoms with Crippen LogP contribution in [0.15, 0.2) is 35.4 Å². The summed E-state index contributed by atoms with van der Waals surface area (Å²) in [5, 5.41) is 3.08. The number of aromatic nitrogens is 2. The number of carbonyl (C=O) groups is 2. The fraction of sp³-hybridized carbons (Fsp3) is 0.300. The number of hydrogen-bond acceptors (Lipinski definition) is 7. The molecule has 0 bridgehead atoms. The molecule has 0 saturated heterocycles. The number of carbonyl (C=O) groups excluding carboxylic acids is 2. The van der Waals surface area contributed by atoms with Crippen LogP contribution in [0.25, 0.3) is 10.2 Å². The van der Waals surface area contributed by atoms with Crippen molar-refractivity contribution in [1.82, 2.24) is 9.55 Å². The first-order chi connectivity index (χ1) is 13.9. The molecular formula is C20H21N3O5S. The Kier molecular flexibility index (Phi) is 5.97. The molecule has 0 spiro atoms. The molecule has 9 heteroatoms. The molecule has 3 aromatic rings. The zero-order valence-electron chi connectivity index (χ0n) is 16.5. The lowest BCUT2D eigenvalue weighted by atomic mass is 10.2. The second kappa shape index (κ2) is 8.44. The maximum atomic E-state index is 13.0. The van der Waals surface area contributed by atoms with Crippen molar-refractivity contribution >= 4 is 39.1 Å². The van der Waals surface area contributed by atoms with Crippen LogP contribution in [0.4, 0.5) is 5.69 Å². The molecule has 8 nitrogen and oxygen atoms in total. The number of hydrogen-bond donors (Lipinski definition) is 1. The van der Waals surface area contributed by atoms with Gasteiger partial charge in [0, 0.05) is 0 Å². The number of fused-ring (bicyclic) bond motifs is 1. The Hall–Kier alpha value is -3.20. The molecular weight excluding hydrogens is 394 g/mol. The van der Waals surface area contributed by atoms with Crippen LogP contribution in [0, 0.1) is 6.92 Å². The quantitative estimate of drug-likeness (QED) is 0.621. The maximum absolute atomic E-state index is 13.0. The van der Waals surface area contributed by atoms with E-state index in [4.69, 9.17) is 9.47 Å². The van der Waals surface area contributed by atoms with E-state index in [1.807, 2.05) is 0 Å². The molecule has 1 N–H and O–H groups in total. The summed E-state index contributed by atoms with van der Waals surface area (Å²) >= 11 is 1.11. The normalized spacial score (nSPS) is 11.9. The van der Waals surface area contributed by atoms with Gasteiger partial charge in [-0.2, -0.15) is 0 Å². The highest BCUT2D eigenvalue weighted by atomic mass is 32.1. The first-order valence-corrected chi connectivity index (χ1v) is 9.81. The van der Waals surface area contributed by atoms with E-state index < -0.39 is 17.9 Å². The first kappa shape index (κ1) is 20.5. The minimum Gasteiger partial charge on any atom is -0.495 e. The van der Waals surface area contributed by atoms with Gasteiger partial charge in [-0.05, 0) is 38.5 Å². The number of esters is 1. The Balaban J connectivity index is 1.96. The lowest BCUT2D eigenvalue weighted by Crippen LogP contribution is -2.31. The molecule has 1 atom stereocenters. The number of aryl methyl sites for hydroxylation is 1. The summed E-state index contributed by atoms with van der Waals surface area (Å²) < 4.78 is 11.5. The van der Waals surface area contributed by atoms with E-state index in [2.05, 4.69) is 10.3 Å². The highest BCUT2D eigenvalue weighted by Gasteiger charge is 2.23. The minimum atomic E-state index is -0.824. The second-order valence-corrected chi connectivity index (χ2v) is 7.28. The molecule has 0 aliphatic heterocycles. The van der Waals surface area contributed by atoms with Crippen LogP contribution in [0.3, 0.4) is 0 Å². The third-order valence-corrected chi connectivity index (χ3v) is 5.68. The van der Waals surface area contributed by atoms with Gasteiger partial charge in [-0.1, -0.05) is 12.1 Å². The largest absolute Gasteiger partial charge is 0.495 e. The topological polar surface area (TPSA) is 99.5 Å². The van der Waals surface area contributed by atoms with Crippen LogP contribution >= 0.6 is 11.3 Å². The number of benzene rings is 1. The van der Waals surface area contributed by atoms with Gasteiger partial charge < -0.3 is 14.8 Å². The summed E-state index contributed by atoms with van der Waals surface area (Å²) in [7, 11) is 1.51. The van der Waals surface area contributed by atoms with Crippen LogP contribution in [-0.2, 0) is 9.53 Å². The second-order valence-electron chi connectivity index (χ2n) is 6.28. The standard InChI is InChI=1S/C20H21N3O5S/c1-5-28-20(26)16-11(2)15-18(29-16)21-10-23(19(15)25)12(3)17(24)22-13-8-6-7-9-14(13)27-4/h6-10,12H,5H2,1-4H3,(H,22,24). The van der Waals surface area contributed by atoms with Gasteiger partial charge in [-0.25, -0.2) is 9.78 Å². The molecule has 0 radical (unpaired) electrons. The monoisotopic (exact) mass is 415 g/mol. The number of amides is 1. The zero-order valence-corrected chi connectivity index (χ0v) is 17.3. The number of methoxy groups -OCH3 is 1. The van der Waals surface area contributed by atoms with E-state index in [1.165, 1.54) is 18.0 Å². The molecule has 1 unspecified atom stereocenters. The summed E-state index contributed by atoms with van der Waals surface area (Å²) in [4.78, 5) is 42.9. The third-order valence-electron chi connectivity index (χ3n) is 4.50. The predicted octanol–water partition coefficient (Wildman–Crippen LogP) is 3.15. The molecule has 3 rings (SSSR count). The van der Waals surface area contributed by atoms with Crippen LogP contribution in [0.5, 0.6) is 5.75 Å². The van der Waals surface area contributed by atoms with Crippen molar-refractivity contribution in [2.75, 3.05) is 19.0 Å². The van der Waals surface area contributed by atoms with Gasteiger partial charge in [-0.15, -0.1) is 11.3 Å². The summed E-state index contributed by atoms with van der Waals surface area (Å²) in [5.74, 6) is -0.362. The van der Waals surface area contributed by atoms with E-state index >= 15 is 0 Å². The summed E-state index contributed by atoms with van der Waals surface area (Å²) in [6.07, 6.45) is 1.32. The molecule has 29 heavy (non-hydrogen) atoms. The van der Waals surface area contributed by atoms with Gasteiger partial charge in [0.15, 0.2) is 0 Å². The summed E-state index contributed by atoms with van der Waals surface area (Å²) in [5.41, 5.74) is 0.625. The fourth-order valence-electron chi connectivity index (χ4n) is 2.92. The van der Waals surface area contributed by atoms with Crippen LogP contribution in [0.2, 0.25) is 0 Å². The van der Waals surface area contributed by atoms with Crippen molar-refractivity contribution in [2.45, 2.75) is 26.8 Å². The fourth-order valence-corrected chi connectivity index (χ4v) is 3.95. The predicted molar refractivity (Wildman–Crippen MR) is 111 cm³/mol. The number of nitrogens with zero attached hydrogens (tertiary/aromatic N) is 2. The highest BCUT2D eigenvalue weighted by Crippen LogP contribution is 2.28. The van der Waals surface area contributed by atoms with Gasteiger partial charge in [0.1, 0.15) is 21.5 Å². The summed E-state index contributed by atoms with van der Waals surface area (Å²) in [6, 6.07) is 6.18. The third kappa shape index (κ3) is 3.86. The van der Waals surface area contributed by atoms with Crippen molar-refractivity contribution < 1.29 is 19.1 Å². The number of thiophene rings is 1. The molecule has 2 heterocycles. The lowest BCUT2D eigenvalue weighted by molar-refractivity contribution is -0.118. The Morgan fingerprint density at radius 2 is 2.03 bits per heavy atom. The Morgan fingerprint density at radius 3 is 2.72 bits per heavy atom. The van der Waals surface area contributed by atoms with Crippen molar-refractivity contribution in [1.29, 1.82) is 0 Å². The van der Waals surface area contributed by atoms with Crippen LogP contribution in [-0.4, -0.2) is 35.1 Å². The molecule has 1 aromatic carbocycles. The summed E-state index contributed by atoms with van der Waals surface area (Å²) in [6.45, 7) is 5.24. The van der Waals surface area contributed by atoms with E-state index in [9.17, 15) is 14.4 Å². The van der Waals surface area contributed by atoms with E-state index in [1.54, 1.807) is 45.0 Å². The lowest BCUT2D eigenvalue weighted by Gasteiger charge is -2.16. The molecule has 0 aliphatic rings. The molecule has 1 amide bonds. The minimum absolute atomic E-state index is 0.240. The molecule has 0 fully saturated rings. The van der Waals surface area contributed by atoms with Crippen LogP contribution < -0.4 is 15.6 Å². The van der Waals surface area contributed by atoms with Crippen molar-refractivity contribution in [3.63, 3.8) is 0 Å². The number of rotatable bonds is 6. The average molecular weight is 415 g/mol. The Labute approximate surface area is 171 Å². The van der Waals surface area contributed by atoms with E-state index in [-0.39, 0.29) is 12.2 Å². The maximum Gasteiger partial charge on any atom is 0.348 e. The average Bonchev–Trinajstić information content (AvgIpc) is 3.05.